The summed E-state index contributed by atoms with van der Waals surface area (Å²) in [6, 6.07) is 0. The van der Waals surface area contributed by atoms with Crippen LogP contribution < -0.4 is 5.32 Å². The number of hydrogen-bond acceptors (Lipinski definition) is 2. The van der Waals surface area contributed by atoms with Crippen LogP contribution in [0.2, 0.25) is 0 Å². The Morgan fingerprint density at radius 3 is 2.39 bits per heavy atom. The van der Waals surface area contributed by atoms with Crippen LogP contribution in [-0.2, 0) is 4.74 Å². The van der Waals surface area contributed by atoms with Gasteiger partial charge in [0.25, 0.3) is 0 Å². The minimum absolute atomic E-state index is 0.195. The highest BCUT2D eigenvalue weighted by atomic mass is 16.5. The number of rotatable bonds is 7. The van der Waals surface area contributed by atoms with Gasteiger partial charge in [-0.1, -0.05) is 32.6 Å². The van der Waals surface area contributed by atoms with Crippen molar-refractivity contribution in [2.24, 2.45) is 5.92 Å². The summed E-state index contributed by atoms with van der Waals surface area (Å²) in [5.74, 6) is 0.827. The fourth-order valence-corrected chi connectivity index (χ4v) is 2.61. The van der Waals surface area contributed by atoms with Crippen LogP contribution in [0, 0.1) is 5.92 Å². The molecule has 1 N–H and O–H groups in total. The van der Waals surface area contributed by atoms with Crippen LogP contribution in [0.4, 0.5) is 0 Å². The summed E-state index contributed by atoms with van der Waals surface area (Å²) >= 11 is 0. The average Bonchev–Trinajstić information content (AvgIpc) is 2.33. The van der Waals surface area contributed by atoms with E-state index in [1.54, 1.807) is 0 Å². The van der Waals surface area contributed by atoms with Crippen molar-refractivity contribution in [1.29, 1.82) is 0 Å². The highest BCUT2D eigenvalue weighted by molar-refractivity contribution is 4.74. The van der Waals surface area contributed by atoms with Gasteiger partial charge >= 0.3 is 0 Å². The van der Waals surface area contributed by atoms with E-state index in [1.165, 1.54) is 44.9 Å². The van der Waals surface area contributed by atoms with Crippen LogP contribution in [0.15, 0.2) is 0 Å². The zero-order valence-corrected chi connectivity index (χ0v) is 12.9. The second-order valence-electron chi connectivity index (χ2n) is 6.88. The first-order valence-corrected chi connectivity index (χ1v) is 7.88. The van der Waals surface area contributed by atoms with E-state index in [-0.39, 0.29) is 5.54 Å². The molecule has 0 bridgehead atoms. The molecule has 1 saturated carbocycles. The summed E-state index contributed by atoms with van der Waals surface area (Å²) in [6.07, 6.45) is 9.80. The summed E-state index contributed by atoms with van der Waals surface area (Å²) in [4.78, 5) is 0. The van der Waals surface area contributed by atoms with Crippen LogP contribution in [0.3, 0.4) is 0 Å². The predicted molar refractivity (Wildman–Crippen MR) is 79.0 cm³/mol. The lowest BCUT2D eigenvalue weighted by Gasteiger charge is -2.28. The topological polar surface area (TPSA) is 21.3 Å². The Morgan fingerprint density at radius 2 is 1.83 bits per heavy atom. The number of nitrogens with one attached hydrogen (secondary N) is 1. The Kier molecular flexibility index (Phi) is 7.25. The molecule has 2 heteroatoms. The summed E-state index contributed by atoms with van der Waals surface area (Å²) < 4.78 is 6.15. The molecule has 0 spiro atoms. The van der Waals surface area contributed by atoms with Gasteiger partial charge < -0.3 is 10.1 Å². The molecule has 0 aromatic rings. The van der Waals surface area contributed by atoms with E-state index in [9.17, 15) is 0 Å². The predicted octanol–water partition coefficient (Wildman–Crippen LogP) is 4.14. The first kappa shape index (κ1) is 16.0. The third-order valence-electron chi connectivity index (χ3n) is 3.76. The number of hydrogen-bond donors (Lipinski definition) is 1. The molecule has 0 aliphatic heterocycles. The summed E-state index contributed by atoms with van der Waals surface area (Å²) in [5.41, 5.74) is 0.195. The standard InChI is InChI=1S/C16H33NO/c1-5-9-15(12-17-16(2,3)4)18-13-14-10-7-6-8-11-14/h14-15,17H,5-13H2,1-4H3. The fourth-order valence-electron chi connectivity index (χ4n) is 2.61. The van der Waals surface area contributed by atoms with Crippen molar-refractivity contribution in [3.05, 3.63) is 0 Å². The monoisotopic (exact) mass is 255 g/mol. The molecule has 1 rings (SSSR count). The van der Waals surface area contributed by atoms with Crippen molar-refractivity contribution >= 4 is 0 Å². The zero-order valence-electron chi connectivity index (χ0n) is 12.9. The second kappa shape index (κ2) is 8.16. The SMILES string of the molecule is CCCC(CNC(C)(C)C)OCC1CCCCC1. The largest absolute Gasteiger partial charge is 0.377 e. The molecule has 1 fully saturated rings. The van der Waals surface area contributed by atoms with E-state index in [0.717, 1.165) is 19.1 Å². The van der Waals surface area contributed by atoms with E-state index < -0.39 is 0 Å². The molecule has 0 heterocycles. The number of ether oxygens (including phenoxy) is 1. The van der Waals surface area contributed by atoms with Gasteiger partial charge in [0.15, 0.2) is 0 Å². The smallest absolute Gasteiger partial charge is 0.0699 e. The maximum Gasteiger partial charge on any atom is 0.0699 e. The minimum atomic E-state index is 0.195. The van der Waals surface area contributed by atoms with Gasteiger partial charge in [0.1, 0.15) is 0 Å². The van der Waals surface area contributed by atoms with Gasteiger partial charge in [-0.25, -0.2) is 0 Å². The molecule has 0 amide bonds. The molecule has 0 aromatic carbocycles. The molecule has 2 nitrogen and oxygen atoms in total. The van der Waals surface area contributed by atoms with Crippen LogP contribution >= 0.6 is 0 Å². The van der Waals surface area contributed by atoms with Crippen molar-refractivity contribution in [1.82, 2.24) is 5.32 Å². The van der Waals surface area contributed by atoms with E-state index >= 15 is 0 Å². The first-order valence-electron chi connectivity index (χ1n) is 7.88. The third kappa shape index (κ3) is 7.38. The van der Waals surface area contributed by atoms with Gasteiger partial charge in [0.05, 0.1) is 6.10 Å². The Balaban J connectivity index is 2.23. The van der Waals surface area contributed by atoms with Crippen molar-refractivity contribution in [2.45, 2.75) is 84.3 Å². The zero-order chi connectivity index (χ0) is 13.4. The molecule has 0 saturated heterocycles. The lowest BCUT2D eigenvalue weighted by Crippen LogP contribution is -2.42. The second-order valence-corrected chi connectivity index (χ2v) is 6.88. The Labute approximate surface area is 114 Å². The quantitative estimate of drug-likeness (QED) is 0.738. The van der Waals surface area contributed by atoms with E-state index in [1.807, 2.05) is 0 Å². The van der Waals surface area contributed by atoms with Crippen molar-refractivity contribution in [2.75, 3.05) is 13.2 Å². The Hall–Kier alpha value is -0.0800. The van der Waals surface area contributed by atoms with Crippen LogP contribution in [0.1, 0.15) is 72.6 Å². The van der Waals surface area contributed by atoms with Gasteiger partial charge in [-0.05, 0) is 46.0 Å². The third-order valence-corrected chi connectivity index (χ3v) is 3.76. The highest BCUT2D eigenvalue weighted by Gasteiger charge is 2.18. The molecule has 1 aliphatic carbocycles. The molecule has 0 radical (unpaired) electrons. The molecule has 1 atom stereocenters. The van der Waals surface area contributed by atoms with E-state index in [2.05, 4.69) is 33.0 Å². The van der Waals surface area contributed by atoms with Gasteiger partial charge in [0, 0.05) is 18.7 Å². The van der Waals surface area contributed by atoms with E-state index in [4.69, 9.17) is 4.74 Å². The lowest BCUT2D eigenvalue weighted by atomic mass is 9.90. The fraction of sp³-hybridized carbons (Fsp3) is 1.00. The lowest BCUT2D eigenvalue weighted by molar-refractivity contribution is 0.0133. The van der Waals surface area contributed by atoms with Gasteiger partial charge in [-0.15, -0.1) is 0 Å². The minimum Gasteiger partial charge on any atom is -0.377 e. The maximum absolute atomic E-state index is 6.15. The summed E-state index contributed by atoms with van der Waals surface area (Å²) in [7, 11) is 0. The molecular weight excluding hydrogens is 222 g/mol. The molecule has 0 aromatic heterocycles. The van der Waals surface area contributed by atoms with E-state index in [0.29, 0.717) is 6.10 Å². The maximum atomic E-state index is 6.15. The van der Waals surface area contributed by atoms with Gasteiger partial charge in [-0.3, -0.25) is 0 Å². The van der Waals surface area contributed by atoms with Crippen LogP contribution in [-0.4, -0.2) is 24.8 Å². The summed E-state index contributed by atoms with van der Waals surface area (Å²) in [5, 5.41) is 3.57. The molecular formula is C16H33NO. The Bertz CT molecular complexity index is 204. The van der Waals surface area contributed by atoms with Crippen molar-refractivity contribution < 1.29 is 4.74 Å². The summed E-state index contributed by atoms with van der Waals surface area (Å²) in [6.45, 7) is 10.9. The first-order chi connectivity index (χ1) is 8.51. The molecule has 1 unspecified atom stereocenters. The average molecular weight is 255 g/mol. The van der Waals surface area contributed by atoms with Crippen LogP contribution in [0.25, 0.3) is 0 Å². The van der Waals surface area contributed by atoms with Crippen molar-refractivity contribution in [3.8, 4) is 0 Å². The van der Waals surface area contributed by atoms with Gasteiger partial charge in [0.2, 0.25) is 0 Å². The molecule has 18 heavy (non-hydrogen) atoms. The van der Waals surface area contributed by atoms with Gasteiger partial charge in [-0.2, -0.15) is 0 Å². The normalized spacial score (nSPS) is 20.0. The van der Waals surface area contributed by atoms with Crippen LogP contribution in [0.5, 0.6) is 0 Å². The van der Waals surface area contributed by atoms with Crippen molar-refractivity contribution in [3.63, 3.8) is 0 Å². The highest BCUT2D eigenvalue weighted by Crippen LogP contribution is 2.24. The molecule has 108 valence electrons. The molecule has 1 aliphatic rings. The Morgan fingerprint density at radius 1 is 1.17 bits per heavy atom.